The predicted molar refractivity (Wildman–Crippen MR) is 190 cm³/mol. The number of alkyl halides is 4. The Morgan fingerprint density at radius 2 is 1.91 bits per heavy atom. The van der Waals surface area contributed by atoms with Crippen molar-refractivity contribution in [3.05, 3.63) is 41.0 Å². The minimum Gasteiger partial charge on any atom is -0.467 e. The number of fused-ring (bicyclic) bond motifs is 3. The average molecular weight is 764 g/mol. The summed E-state index contributed by atoms with van der Waals surface area (Å²) in [4.78, 5) is 24.8. The van der Waals surface area contributed by atoms with Crippen LogP contribution in [0.2, 0.25) is 0 Å². The van der Waals surface area contributed by atoms with E-state index in [1.807, 2.05) is 13.0 Å². The first-order valence-corrected chi connectivity index (χ1v) is 18.0. The Kier molecular flexibility index (Phi) is 10.7. The maximum absolute atomic E-state index is 16.6. The van der Waals surface area contributed by atoms with Crippen LogP contribution in [0.4, 0.5) is 42.0 Å². The zero-order valence-corrected chi connectivity index (χ0v) is 30.6. The number of methoxy groups -OCH3 is 1. The van der Waals surface area contributed by atoms with E-state index in [-0.39, 0.29) is 43.9 Å². The van der Waals surface area contributed by atoms with Crippen molar-refractivity contribution in [2.75, 3.05) is 50.1 Å². The van der Waals surface area contributed by atoms with E-state index in [0.717, 1.165) is 31.2 Å². The number of piperazine rings is 1. The molecule has 3 atom stereocenters. The van der Waals surface area contributed by atoms with Gasteiger partial charge in [-0.2, -0.15) is 28.4 Å². The van der Waals surface area contributed by atoms with Crippen LogP contribution < -0.4 is 20.3 Å². The second kappa shape index (κ2) is 14.8. The molecule has 0 radical (unpaired) electrons. The Morgan fingerprint density at radius 1 is 1.15 bits per heavy atom. The van der Waals surface area contributed by atoms with Crippen molar-refractivity contribution in [3.63, 3.8) is 0 Å². The molecular formula is C36H39F6N7O3S. The Bertz CT molecular complexity index is 2070. The second-order valence-electron chi connectivity index (χ2n) is 14.3. The van der Waals surface area contributed by atoms with Crippen molar-refractivity contribution in [3.8, 4) is 23.2 Å². The highest BCUT2D eigenvalue weighted by atomic mass is 32.1. The van der Waals surface area contributed by atoms with Gasteiger partial charge in [0.05, 0.1) is 22.9 Å². The van der Waals surface area contributed by atoms with E-state index in [2.05, 4.69) is 25.5 Å². The van der Waals surface area contributed by atoms with Gasteiger partial charge in [0, 0.05) is 54.6 Å². The molecule has 2 N–H and O–H groups in total. The summed E-state index contributed by atoms with van der Waals surface area (Å²) >= 11 is 0.617. The quantitative estimate of drug-likeness (QED) is 0.200. The van der Waals surface area contributed by atoms with Crippen LogP contribution in [0.25, 0.3) is 32.1 Å². The van der Waals surface area contributed by atoms with Gasteiger partial charge in [0.15, 0.2) is 5.82 Å². The van der Waals surface area contributed by atoms with E-state index in [1.165, 1.54) is 20.0 Å². The van der Waals surface area contributed by atoms with Gasteiger partial charge >= 0.3 is 18.3 Å². The van der Waals surface area contributed by atoms with Crippen molar-refractivity contribution in [1.82, 2.24) is 20.2 Å². The number of amides is 1. The van der Waals surface area contributed by atoms with Crippen LogP contribution in [-0.4, -0.2) is 84.7 Å². The Balaban J connectivity index is 0.000000461. The molecule has 53 heavy (non-hydrogen) atoms. The van der Waals surface area contributed by atoms with Crippen LogP contribution in [0.5, 0.6) is 6.01 Å². The maximum Gasteiger partial charge on any atom is 0.417 e. The average Bonchev–Trinajstić information content (AvgIpc) is 3.77. The van der Waals surface area contributed by atoms with E-state index < -0.39 is 57.9 Å². The summed E-state index contributed by atoms with van der Waals surface area (Å²) in [7, 11) is 1.25. The molecular weight excluding hydrogens is 724 g/mol. The Morgan fingerprint density at radius 3 is 2.55 bits per heavy atom. The molecule has 3 saturated heterocycles. The fourth-order valence-electron chi connectivity index (χ4n) is 7.13. The monoisotopic (exact) mass is 763 g/mol. The molecule has 2 aromatic carbocycles. The third-order valence-corrected chi connectivity index (χ3v) is 10.4. The molecule has 3 aliphatic rings. The third kappa shape index (κ3) is 7.95. The van der Waals surface area contributed by atoms with Crippen molar-refractivity contribution in [1.29, 1.82) is 5.26 Å². The van der Waals surface area contributed by atoms with Gasteiger partial charge in [-0.15, -0.1) is 11.3 Å². The van der Waals surface area contributed by atoms with E-state index in [1.54, 1.807) is 25.7 Å². The summed E-state index contributed by atoms with van der Waals surface area (Å²) in [5, 5.41) is 15.0. The smallest absolute Gasteiger partial charge is 0.417 e. The van der Waals surface area contributed by atoms with Gasteiger partial charge in [-0.25, -0.2) is 18.0 Å². The summed E-state index contributed by atoms with van der Waals surface area (Å²) in [6.07, 6.45) is -3.23. The first kappa shape index (κ1) is 38.3. The van der Waals surface area contributed by atoms with E-state index >= 15 is 8.78 Å². The largest absolute Gasteiger partial charge is 0.467 e. The van der Waals surface area contributed by atoms with Crippen LogP contribution in [0.3, 0.4) is 0 Å². The second-order valence-corrected chi connectivity index (χ2v) is 15.3. The first-order valence-electron chi connectivity index (χ1n) is 17.2. The lowest BCUT2D eigenvalue weighted by atomic mass is 9.92. The molecule has 0 bridgehead atoms. The van der Waals surface area contributed by atoms with Gasteiger partial charge in [-0.3, -0.25) is 10.2 Å². The number of nitrogens with zero attached hydrogens (tertiary/aromatic N) is 5. The number of ether oxygens (including phenoxy) is 2. The molecule has 17 heteroatoms. The lowest BCUT2D eigenvalue weighted by molar-refractivity contribution is -0.137. The van der Waals surface area contributed by atoms with Gasteiger partial charge in [-0.05, 0) is 71.2 Å². The van der Waals surface area contributed by atoms with Gasteiger partial charge in [0.2, 0.25) is 0 Å². The normalized spacial score (nSPS) is 20.6. The topological polar surface area (TPSA) is 116 Å². The number of nitrogens with one attached hydrogen (secondary N) is 2. The van der Waals surface area contributed by atoms with Crippen LogP contribution in [0, 0.1) is 23.0 Å². The lowest BCUT2D eigenvalue weighted by Crippen LogP contribution is -2.49. The molecule has 284 valence electrons. The van der Waals surface area contributed by atoms with Crippen LogP contribution in [0.1, 0.15) is 58.1 Å². The number of thiophene rings is 1. The maximum atomic E-state index is 16.6. The Labute approximate surface area is 306 Å². The molecule has 4 aromatic rings. The molecule has 3 aliphatic heterocycles. The van der Waals surface area contributed by atoms with Gasteiger partial charge in [0.1, 0.15) is 40.0 Å². The molecule has 1 amide bonds. The van der Waals surface area contributed by atoms with Crippen LogP contribution in [-0.2, 0) is 10.9 Å². The zero-order valence-electron chi connectivity index (χ0n) is 29.8. The van der Waals surface area contributed by atoms with Crippen LogP contribution >= 0.6 is 11.3 Å². The number of rotatable bonds is 4. The summed E-state index contributed by atoms with van der Waals surface area (Å²) in [6.45, 7) is 9.85. The fourth-order valence-corrected chi connectivity index (χ4v) is 8.20. The van der Waals surface area contributed by atoms with Crippen molar-refractivity contribution < 1.29 is 40.6 Å². The number of nitriles is 1. The fraction of sp³-hybridized carbons (Fsp3) is 0.500. The molecule has 7 rings (SSSR count). The van der Waals surface area contributed by atoms with E-state index in [9.17, 15) is 27.6 Å². The number of carbonyl (C=O) groups excluding carboxylic acids is 1. The summed E-state index contributed by atoms with van der Waals surface area (Å²) in [6, 6.07) is 4.77. The highest BCUT2D eigenvalue weighted by Gasteiger charge is 2.39. The molecule has 3 fully saturated rings. The number of aromatic nitrogens is 2. The number of halogens is 6. The van der Waals surface area contributed by atoms with Crippen molar-refractivity contribution in [2.45, 2.75) is 77.0 Å². The van der Waals surface area contributed by atoms with Crippen molar-refractivity contribution >= 4 is 49.2 Å². The van der Waals surface area contributed by atoms with Gasteiger partial charge in [-0.1, -0.05) is 6.07 Å². The number of anilines is 2. The number of benzene rings is 2. The zero-order chi connectivity index (χ0) is 38.4. The summed E-state index contributed by atoms with van der Waals surface area (Å²) in [5.41, 5.74) is -4.43. The lowest BCUT2D eigenvalue weighted by Gasteiger charge is -2.33. The van der Waals surface area contributed by atoms with E-state index in [4.69, 9.17) is 9.47 Å². The van der Waals surface area contributed by atoms with Gasteiger partial charge < -0.3 is 19.7 Å². The van der Waals surface area contributed by atoms with Gasteiger partial charge in [0.25, 0.3) is 0 Å². The minimum absolute atomic E-state index is 0.0232. The summed E-state index contributed by atoms with van der Waals surface area (Å²) in [5.74, 6) is -2.17. The van der Waals surface area contributed by atoms with E-state index in [0.29, 0.717) is 43.6 Å². The highest BCUT2D eigenvalue weighted by Crippen LogP contribution is 2.48. The van der Waals surface area contributed by atoms with Crippen LogP contribution in [0.15, 0.2) is 18.2 Å². The molecule has 3 unspecified atom stereocenters. The van der Waals surface area contributed by atoms with Crippen molar-refractivity contribution in [2.24, 2.45) is 0 Å². The predicted octanol–water partition coefficient (Wildman–Crippen LogP) is 8.03. The molecule has 0 aliphatic carbocycles. The molecule has 5 heterocycles. The number of hydrogen-bond acceptors (Lipinski definition) is 10. The summed E-state index contributed by atoms with van der Waals surface area (Å²) < 4.78 is 98.7. The minimum atomic E-state index is -5.08. The standard InChI is InChI=1S/C29H27F5N6O3S.C7H12FN/c1-13-12-40(9-8-36-13)24-15-10-17(29(32,33)34)20(21(31)22(15)37-26(38-24)42-5)14-6-7-18(30)23-19(14)16(11-35)25(44-23)39-27(41)43-28(2,3)4;8-6-4-7-2-1-3-9(7)5-6/h6-7,10,13,36H,8-9,12H2,1-5H3,(H,39,41);6-7H,1-5H2. The Hall–Kier alpha value is -4.40. The highest BCUT2D eigenvalue weighted by molar-refractivity contribution is 7.23. The first-order chi connectivity index (χ1) is 25.0. The molecule has 10 nitrogen and oxygen atoms in total. The number of hydrogen-bond donors (Lipinski definition) is 2. The number of carbonyl (C=O) groups is 1. The molecule has 2 aromatic heterocycles. The SMILES string of the molecule is COc1nc(N2CCNC(C)C2)c2cc(C(F)(F)F)c(-c3ccc(F)c4sc(NC(=O)OC(C)(C)C)c(C#N)c34)c(F)c2n1.FC1CC2CCCN2C1. The molecule has 0 saturated carbocycles. The third-order valence-electron chi connectivity index (χ3n) is 9.29. The molecule has 0 spiro atoms.